The summed E-state index contributed by atoms with van der Waals surface area (Å²) in [5.74, 6) is -1.48. The van der Waals surface area contributed by atoms with E-state index in [1.165, 1.54) is 0 Å². The van der Waals surface area contributed by atoms with Gasteiger partial charge in [0.1, 0.15) is 0 Å². The fraction of sp³-hybridized carbons (Fsp3) is 0.600. The summed E-state index contributed by atoms with van der Waals surface area (Å²) in [5, 5.41) is 0. The predicted molar refractivity (Wildman–Crippen MR) is 72.7 cm³/mol. The van der Waals surface area contributed by atoms with Crippen LogP contribution in [0.15, 0.2) is 18.2 Å². The van der Waals surface area contributed by atoms with Crippen LogP contribution in [0.1, 0.15) is 38.2 Å². The van der Waals surface area contributed by atoms with Gasteiger partial charge in [-0.05, 0) is 38.3 Å². The number of benzene rings is 1. The van der Waals surface area contributed by atoms with E-state index >= 15 is 0 Å². The zero-order valence-electron chi connectivity index (χ0n) is 11.4. The molecule has 1 aliphatic rings. The summed E-state index contributed by atoms with van der Waals surface area (Å²) >= 11 is 0. The molecule has 0 radical (unpaired) electrons. The van der Waals surface area contributed by atoms with Gasteiger partial charge in [-0.15, -0.1) is 0 Å². The molecule has 0 bridgehead atoms. The van der Waals surface area contributed by atoms with Crippen LogP contribution in [0, 0.1) is 11.6 Å². The molecule has 4 heteroatoms. The van der Waals surface area contributed by atoms with Crippen molar-refractivity contribution in [2.45, 2.75) is 51.2 Å². The predicted octanol–water partition coefficient (Wildman–Crippen LogP) is 3.06. The fourth-order valence-corrected chi connectivity index (χ4v) is 2.86. The highest BCUT2D eigenvalue weighted by Gasteiger charge is 2.24. The van der Waals surface area contributed by atoms with Gasteiger partial charge in [0.2, 0.25) is 0 Å². The van der Waals surface area contributed by atoms with Crippen molar-refractivity contribution in [3.8, 4) is 0 Å². The molecule has 0 spiro atoms. The topological polar surface area (TPSA) is 29.3 Å². The SMILES string of the molecule is CCN(Cc1cccc(F)c1F)C1CCC(N)CC1. The zero-order valence-corrected chi connectivity index (χ0v) is 11.4. The van der Waals surface area contributed by atoms with Gasteiger partial charge in [0.05, 0.1) is 0 Å². The van der Waals surface area contributed by atoms with E-state index < -0.39 is 11.6 Å². The molecule has 1 aromatic rings. The first kappa shape index (κ1) is 14.4. The van der Waals surface area contributed by atoms with Crippen LogP contribution >= 0.6 is 0 Å². The number of hydrogen-bond acceptors (Lipinski definition) is 2. The van der Waals surface area contributed by atoms with Gasteiger partial charge < -0.3 is 5.73 Å². The normalized spacial score (nSPS) is 23.8. The van der Waals surface area contributed by atoms with Gasteiger partial charge in [0.15, 0.2) is 11.6 Å². The maximum Gasteiger partial charge on any atom is 0.163 e. The molecule has 0 atom stereocenters. The third-order valence-electron chi connectivity index (χ3n) is 4.07. The van der Waals surface area contributed by atoms with Gasteiger partial charge in [-0.1, -0.05) is 19.1 Å². The molecule has 1 fully saturated rings. The number of nitrogens with zero attached hydrogens (tertiary/aromatic N) is 1. The average molecular weight is 268 g/mol. The number of rotatable bonds is 4. The van der Waals surface area contributed by atoms with Crippen molar-refractivity contribution in [2.75, 3.05) is 6.54 Å². The van der Waals surface area contributed by atoms with Gasteiger partial charge in [-0.2, -0.15) is 0 Å². The highest BCUT2D eigenvalue weighted by Crippen LogP contribution is 2.24. The molecule has 2 rings (SSSR count). The molecule has 2 nitrogen and oxygen atoms in total. The Morgan fingerprint density at radius 2 is 1.89 bits per heavy atom. The lowest BCUT2D eigenvalue weighted by Gasteiger charge is -2.35. The fourth-order valence-electron chi connectivity index (χ4n) is 2.86. The highest BCUT2D eigenvalue weighted by molar-refractivity contribution is 5.19. The first-order valence-electron chi connectivity index (χ1n) is 7.04. The van der Waals surface area contributed by atoms with Crippen LogP contribution < -0.4 is 5.73 Å². The first-order valence-corrected chi connectivity index (χ1v) is 7.04. The minimum Gasteiger partial charge on any atom is -0.328 e. The van der Waals surface area contributed by atoms with Crippen LogP contribution in [0.5, 0.6) is 0 Å². The van der Waals surface area contributed by atoms with Crippen molar-refractivity contribution >= 4 is 0 Å². The van der Waals surface area contributed by atoms with E-state index in [1.807, 2.05) is 0 Å². The summed E-state index contributed by atoms with van der Waals surface area (Å²) in [7, 11) is 0. The minimum absolute atomic E-state index is 0.306. The molecule has 0 amide bonds. The summed E-state index contributed by atoms with van der Waals surface area (Å²) in [6.45, 7) is 3.38. The molecule has 0 unspecified atom stereocenters. The first-order chi connectivity index (χ1) is 9.11. The Balaban J connectivity index is 2.04. The summed E-state index contributed by atoms with van der Waals surface area (Å²) in [6.07, 6.45) is 4.14. The molecule has 106 valence electrons. The second-order valence-electron chi connectivity index (χ2n) is 5.34. The van der Waals surface area contributed by atoms with Gasteiger partial charge in [-0.3, -0.25) is 4.90 Å². The minimum atomic E-state index is -0.765. The molecular formula is C15H22F2N2. The Morgan fingerprint density at radius 1 is 1.21 bits per heavy atom. The van der Waals surface area contributed by atoms with E-state index in [0.29, 0.717) is 24.2 Å². The van der Waals surface area contributed by atoms with Crippen LogP contribution in [0.2, 0.25) is 0 Å². The summed E-state index contributed by atoms with van der Waals surface area (Å²) in [6, 6.07) is 5.14. The molecule has 1 aromatic carbocycles. The second-order valence-corrected chi connectivity index (χ2v) is 5.34. The smallest absolute Gasteiger partial charge is 0.163 e. The summed E-state index contributed by atoms with van der Waals surface area (Å²) < 4.78 is 26.9. The van der Waals surface area contributed by atoms with Gasteiger partial charge in [0.25, 0.3) is 0 Å². The maximum atomic E-state index is 13.7. The molecule has 2 N–H and O–H groups in total. The standard InChI is InChI=1S/C15H22F2N2/c1-2-19(13-8-6-12(18)7-9-13)10-11-4-3-5-14(16)15(11)17/h3-5,12-13H,2,6-10,18H2,1H3. The van der Waals surface area contributed by atoms with Crippen molar-refractivity contribution in [3.05, 3.63) is 35.4 Å². The lowest BCUT2D eigenvalue weighted by Crippen LogP contribution is -2.40. The van der Waals surface area contributed by atoms with Gasteiger partial charge >= 0.3 is 0 Å². The Hall–Kier alpha value is -1.00. The number of halogens is 2. The van der Waals surface area contributed by atoms with E-state index in [4.69, 9.17) is 5.73 Å². The maximum absolute atomic E-state index is 13.7. The van der Waals surface area contributed by atoms with Crippen molar-refractivity contribution in [1.29, 1.82) is 0 Å². The average Bonchev–Trinajstić information content (AvgIpc) is 2.42. The Morgan fingerprint density at radius 3 is 2.53 bits per heavy atom. The van der Waals surface area contributed by atoms with E-state index in [2.05, 4.69) is 11.8 Å². The number of hydrogen-bond donors (Lipinski definition) is 1. The van der Waals surface area contributed by atoms with Crippen LogP contribution in [-0.2, 0) is 6.54 Å². The van der Waals surface area contributed by atoms with E-state index in [1.54, 1.807) is 12.1 Å². The molecular weight excluding hydrogens is 246 g/mol. The monoisotopic (exact) mass is 268 g/mol. The number of nitrogens with two attached hydrogens (primary N) is 1. The zero-order chi connectivity index (χ0) is 13.8. The third kappa shape index (κ3) is 3.51. The van der Waals surface area contributed by atoms with Crippen LogP contribution in [-0.4, -0.2) is 23.5 Å². The summed E-state index contributed by atoms with van der Waals surface area (Å²) in [5.41, 5.74) is 6.35. The second kappa shape index (κ2) is 6.44. The molecule has 0 aromatic heterocycles. The molecule has 0 heterocycles. The van der Waals surface area contributed by atoms with Crippen molar-refractivity contribution in [1.82, 2.24) is 4.90 Å². The molecule has 1 aliphatic carbocycles. The summed E-state index contributed by atoms with van der Waals surface area (Å²) in [4.78, 5) is 2.23. The molecule has 1 saturated carbocycles. The van der Waals surface area contributed by atoms with Crippen LogP contribution in [0.25, 0.3) is 0 Å². The van der Waals surface area contributed by atoms with E-state index in [-0.39, 0.29) is 0 Å². The Bertz CT molecular complexity index is 415. The van der Waals surface area contributed by atoms with Gasteiger partial charge in [-0.25, -0.2) is 8.78 Å². The largest absolute Gasteiger partial charge is 0.328 e. The molecule has 19 heavy (non-hydrogen) atoms. The van der Waals surface area contributed by atoms with Crippen LogP contribution in [0.3, 0.4) is 0 Å². The van der Waals surface area contributed by atoms with Crippen molar-refractivity contribution in [3.63, 3.8) is 0 Å². The van der Waals surface area contributed by atoms with E-state index in [0.717, 1.165) is 38.3 Å². The lowest BCUT2D eigenvalue weighted by molar-refractivity contribution is 0.147. The Kier molecular flexibility index (Phi) is 4.88. The van der Waals surface area contributed by atoms with Crippen molar-refractivity contribution < 1.29 is 8.78 Å². The molecule has 0 saturated heterocycles. The molecule has 0 aliphatic heterocycles. The lowest BCUT2D eigenvalue weighted by atomic mass is 9.90. The van der Waals surface area contributed by atoms with E-state index in [9.17, 15) is 8.78 Å². The van der Waals surface area contributed by atoms with Crippen LogP contribution in [0.4, 0.5) is 8.78 Å². The highest BCUT2D eigenvalue weighted by atomic mass is 19.2. The van der Waals surface area contributed by atoms with Crippen molar-refractivity contribution in [2.24, 2.45) is 5.73 Å². The quantitative estimate of drug-likeness (QED) is 0.909. The third-order valence-corrected chi connectivity index (χ3v) is 4.07. The van der Waals surface area contributed by atoms with Gasteiger partial charge in [0, 0.05) is 24.2 Å². The Labute approximate surface area is 113 Å².